The van der Waals surface area contributed by atoms with Crippen LogP contribution in [-0.4, -0.2) is 36.2 Å². The maximum absolute atomic E-state index is 12.9. The molecule has 4 aromatic rings. The molecule has 0 atom stereocenters. The summed E-state index contributed by atoms with van der Waals surface area (Å²) in [6.45, 7) is 4.18. The summed E-state index contributed by atoms with van der Waals surface area (Å²) in [6, 6.07) is 18.9. The number of anilines is 1. The zero-order valence-electron chi connectivity index (χ0n) is 20.1. The number of nitrogens with one attached hydrogen (secondary N) is 1. The van der Waals surface area contributed by atoms with Crippen LogP contribution >= 0.6 is 11.8 Å². The Labute approximate surface area is 210 Å². The molecule has 0 saturated heterocycles. The van der Waals surface area contributed by atoms with Gasteiger partial charge in [0.2, 0.25) is 5.91 Å². The number of nitrogens with zero attached hydrogens (tertiary/aromatic N) is 5. The Morgan fingerprint density at radius 3 is 2.63 bits per heavy atom. The third kappa shape index (κ3) is 5.32. The molecule has 1 aliphatic carbocycles. The lowest BCUT2D eigenvalue weighted by atomic mass is 10.1. The summed E-state index contributed by atoms with van der Waals surface area (Å²) in [5.41, 5.74) is 4.55. The third-order valence-electron chi connectivity index (χ3n) is 6.44. The molecule has 0 bridgehead atoms. The summed E-state index contributed by atoms with van der Waals surface area (Å²) in [5, 5.41) is 17.2. The largest absolute Gasteiger partial charge is 0.310 e. The lowest BCUT2D eigenvalue weighted by molar-refractivity contribution is -0.113. The number of thioether (sulfide) groups is 1. The fraction of sp³-hybridized carbons (Fsp3) is 0.333. The number of aromatic nitrogens is 5. The Bertz CT molecular complexity index is 1310. The van der Waals surface area contributed by atoms with Gasteiger partial charge in [-0.05, 0) is 43.9 Å². The predicted molar refractivity (Wildman–Crippen MR) is 139 cm³/mol. The van der Waals surface area contributed by atoms with Gasteiger partial charge in [-0.2, -0.15) is 5.10 Å². The highest BCUT2D eigenvalue weighted by atomic mass is 32.2. The Morgan fingerprint density at radius 1 is 1.06 bits per heavy atom. The van der Waals surface area contributed by atoms with Crippen molar-refractivity contribution in [3.63, 3.8) is 0 Å². The van der Waals surface area contributed by atoms with Crippen molar-refractivity contribution in [2.24, 2.45) is 0 Å². The van der Waals surface area contributed by atoms with Crippen LogP contribution in [0.1, 0.15) is 54.2 Å². The van der Waals surface area contributed by atoms with Crippen molar-refractivity contribution in [1.29, 1.82) is 0 Å². The molecule has 7 nitrogen and oxygen atoms in total. The van der Waals surface area contributed by atoms with E-state index in [4.69, 9.17) is 0 Å². The number of rotatable bonds is 8. The molecule has 1 saturated carbocycles. The number of benzene rings is 2. The standard InChI is InChI=1S/C27H30N6OS/c1-19-12-13-23(20(2)16-19)32-25(17-21-8-4-3-5-9-21)30-31-27(32)35-18-26(34)29-24-14-15-28-33(24)22-10-6-7-11-22/h3-5,8-9,12-16,22H,6-7,10-11,17-18H2,1-2H3,(H,29,34). The SMILES string of the molecule is Cc1ccc(-n2c(Cc3ccccc3)nnc2SCC(=O)Nc2ccnn2C2CCCC2)c(C)c1. The van der Waals surface area contributed by atoms with Gasteiger partial charge in [0.05, 0.1) is 23.7 Å². The molecule has 0 spiro atoms. The van der Waals surface area contributed by atoms with Gasteiger partial charge in [-0.25, -0.2) is 4.68 Å². The third-order valence-corrected chi connectivity index (χ3v) is 7.37. The van der Waals surface area contributed by atoms with Crippen LogP contribution < -0.4 is 5.32 Å². The van der Waals surface area contributed by atoms with Crippen LogP contribution in [0.5, 0.6) is 0 Å². The molecule has 1 fully saturated rings. The van der Waals surface area contributed by atoms with E-state index in [0.29, 0.717) is 17.6 Å². The van der Waals surface area contributed by atoms with Gasteiger partial charge >= 0.3 is 0 Å². The summed E-state index contributed by atoms with van der Waals surface area (Å²) < 4.78 is 4.05. The van der Waals surface area contributed by atoms with Gasteiger partial charge in [-0.3, -0.25) is 9.36 Å². The van der Waals surface area contributed by atoms with Crippen LogP contribution in [0.4, 0.5) is 5.82 Å². The monoisotopic (exact) mass is 486 g/mol. The first-order valence-corrected chi connectivity index (χ1v) is 13.1. The fourth-order valence-electron chi connectivity index (χ4n) is 4.75. The molecule has 1 N–H and O–H groups in total. The van der Waals surface area contributed by atoms with Crippen LogP contribution in [0.3, 0.4) is 0 Å². The minimum absolute atomic E-state index is 0.0745. The lowest BCUT2D eigenvalue weighted by Gasteiger charge is -2.15. The Hall–Kier alpha value is -3.39. The van der Waals surface area contributed by atoms with Gasteiger partial charge < -0.3 is 5.32 Å². The molecule has 0 radical (unpaired) electrons. The highest BCUT2D eigenvalue weighted by Crippen LogP contribution is 2.31. The fourth-order valence-corrected chi connectivity index (χ4v) is 5.51. The number of hydrogen-bond acceptors (Lipinski definition) is 5. The number of amides is 1. The molecule has 180 valence electrons. The first kappa shape index (κ1) is 23.4. The molecular weight excluding hydrogens is 456 g/mol. The topological polar surface area (TPSA) is 77.6 Å². The first-order valence-electron chi connectivity index (χ1n) is 12.1. The van der Waals surface area contributed by atoms with Crippen LogP contribution in [0.2, 0.25) is 0 Å². The maximum Gasteiger partial charge on any atom is 0.235 e. The van der Waals surface area contributed by atoms with Crippen molar-refractivity contribution >= 4 is 23.5 Å². The molecule has 5 rings (SSSR count). The second-order valence-electron chi connectivity index (χ2n) is 9.12. The van der Waals surface area contributed by atoms with E-state index in [1.807, 2.05) is 28.9 Å². The normalized spacial score (nSPS) is 13.9. The van der Waals surface area contributed by atoms with Crippen LogP contribution in [0.25, 0.3) is 5.69 Å². The highest BCUT2D eigenvalue weighted by molar-refractivity contribution is 7.99. The smallest absolute Gasteiger partial charge is 0.235 e. The van der Waals surface area contributed by atoms with E-state index in [1.54, 1.807) is 6.20 Å². The Kier molecular flexibility index (Phi) is 6.99. The van der Waals surface area contributed by atoms with Crippen molar-refractivity contribution in [2.45, 2.75) is 57.1 Å². The quantitative estimate of drug-likeness (QED) is 0.332. The zero-order chi connectivity index (χ0) is 24.2. The van der Waals surface area contributed by atoms with Gasteiger partial charge in [0, 0.05) is 12.5 Å². The van der Waals surface area contributed by atoms with Gasteiger partial charge in [-0.1, -0.05) is 72.6 Å². The summed E-state index contributed by atoms with van der Waals surface area (Å²) in [4.78, 5) is 12.9. The van der Waals surface area contributed by atoms with Crippen LogP contribution in [0.15, 0.2) is 66.0 Å². The van der Waals surface area contributed by atoms with E-state index in [1.165, 1.54) is 35.7 Å². The summed E-state index contributed by atoms with van der Waals surface area (Å²) >= 11 is 1.40. The van der Waals surface area contributed by atoms with E-state index in [9.17, 15) is 4.79 Å². The summed E-state index contributed by atoms with van der Waals surface area (Å²) in [5.74, 6) is 1.78. The number of carbonyl (C=O) groups is 1. The summed E-state index contributed by atoms with van der Waals surface area (Å²) in [6.07, 6.45) is 7.08. The predicted octanol–water partition coefficient (Wildman–Crippen LogP) is 5.52. The van der Waals surface area contributed by atoms with E-state index in [-0.39, 0.29) is 11.7 Å². The number of aryl methyl sites for hydroxylation is 2. The minimum atomic E-state index is -0.0745. The molecular formula is C27H30N6OS. The Balaban J connectivity index is 1.36. The Morgan fingerprint density at radius 2 is 1.86 bits per heavy atom. The van der Waals surface area contributed by atoms with E-state index in [0.717, 1.165) is 35.7 Å². The molecule has 1 amide bonds. The number of carbonyl (C=O) groups excluding carboxylic acids is 1. The van der Waals surface area contributed by atoms with Gasteiger partial charge in [0.1, 0.15) is 11.6 Å². The summed E-state index contributed by atoms with van der Waals surface area (Å²) in [7, 11) is 0. The molecule has 2 aromatic carbocycles. The highest BCUT2D eigenvalue weighted by Gasteiger charge is 2.21. The lowest BCUT2D eigenvalue weighted by Crippen LogP contribution is -2.19. The second kappa shape index (κ2) is 10.5. The molecule has 0 aliphatic heterocycles. The molecule has 0 unspecified atom stereocenters. The van der Waals surface area contributed by atoms with Crippen molar-refractivity contribution in [2.75, 3.05) is 11.1 Å². The van der Waals surface area contributed by atoms with Crippen molar-refractivity contribution in [1.82, 2.24) is 24.5 Å². The van der Waals surface area contributed by atoms with E-state index >= 15 is 0 Å². The average molecular weight is 487 g/mol. The van der Waals surface area contributed by atoms with Gasteiger partial charge in [-0.15, -0.1) is 10.2 Å². The molecule has 2 heterocycles. The molecule has 35 heavy (non-hydrogen) atoms. The van der Waals surface area contributed by atoms with Crippen molar-refractivity contribution < 1.29 is 4.79 Å². The number of hydrogen-bond donors (Lipinski definition) is 1. The van der Waals surface area contributed by atoms with E-state index < -0.39 is 0 Å². The van der Waals surface area contributed by atoms with Crippen LogP contribution in [-0.2, 0) is 11.2 Å². The molecule has 2 aromatic heterocycles. The average Bonchev–Trinajstić information content (AvgIpc) is 3.60. The minimum Gasteiger partial charge on any atom is -0.310 e. The molecule has 8 heteroatoms. The van der Waals surface area contributed by atoms with E-state index in [2.05, 4.69) is 69.4 Å². The first-order chi connectivity index (χ1) is 17.1. The second-order valence-corrected chi connectivity index (χ2v) is 10.1. The van der Waals surface area contributed by atoms with Crippen molar-refractivity contribution in [3.05, 3.63) is 83.3 Å². The van der Waals surface area contributed by atoms with Gasteiger partial charge in [0.25, 0.3) is 0 Å². The van der Waals surface area contributed by atoms with Crippen LogP contribution in [0, 0.1) is 13.8 Å². The molecule has 1 aliphatic rings. The zero-order valence-corrected chi connectivity index (χ0v) is 21.0. The van der Waals surface area contributed by atoms with Gasteiger partial charge in [0.15, 0.2) is 5.16 Å². The maximum atomic E-state index is 12.9. The van der Waals surface area contributed by atoms with Crippen molar-refractivity contribution in [3.8, 4) is 5.69 Å².